The van der Waals surface area contributed by atoms with Crippen molar-refractivity contribution in [3.05, 3.63) is 0 Å². The minimum absolute atomic E-state index is 0.0327. The van der Waals surface area contributed by atoms with Crippen LogP contribution in [-0.2, 0) is 4.79 Å². The standard InChI is InChI=1S/C15H25N3O3/c19-14(20)6-9-18(12-3-4-12)15(21)16-11-5-8-17-7-1-2-13(17)10-11/h11-13H,1-10H2,(H,16,21)(H,19,20). The smallest absolute Gasteiger partial charge is 0.317 e. The minimum atomic E-state index is -0.840. The third-order valence-corrected chi connectivity index (χ3v) is 4.96. The van der Waals surface area contributed by atoms with E-state index in [4.69, 9.17) is 5.11 Å². The Morgan fingerprint density at radius 2 is 2.00 bits per heavy atom. The highest BCUT2D eigenvalue weighted by Crippen LogP contribution is 2.29. The van der Waals surface area contributed by atoms with Crippen molar-refractivity contribution >= 4 is 12.0 Å². The molecule has 2 amide bonds. The maximum atomic E-state index is 12.4. The minimum Gasteiger partial charge on any atom is -0.481 e. The Hall–Kier alpha value is -1.30. The quantitative estimate of drug-likeness (QED) is 0.801. The Morgan fingerprint density at radius 1 is 1.19 bits per heavy atom. The van der Waals surface area contributed by atoms with Gasteiger partial charge in [0, 0.05) is 31.2 Å². The second-order valence-electron chi connectivity index (χ2n) is 6.57. The van der Waals surface area contributed by atoms with Crippen molar-refractivity contribution in [2.45, 2.75) is 63.1 Å². The molecule has 0 radical (unpaired) electrons. The number of carboxylic acids is 1. The van der Waals surface area contributed by atoms with Gasteiger partial charge < -0.3 is 20.2 Å². The van der Waals surface area contributed by atoms with Crippen LogP contribution in [-0.4, -0.2) is 64.7 Å². The van der Waals surface area contributed by atoms with E-state index in [1.807, 2.05) is 0 Å². The average molecular weight is 295 g/mol. The number of rotatable bonds is 5. The molecule has 2 N–H and O–H groups in total. The number of hydrogen-bond acceptors (Lipinski definition) is 3. The summed E-state index contributed by atoms with van der Waals surface area (Å²) in [4.78, 5) is 27.4. The second kappa shape index (κ2) is 6.22. The summed E-state index contributed by atoms with van der Waals surface area (Å²) in [5, 5.41) is 12.0. The van der Waals surface area contributed by atoms with Gasteiger partial charge in [-0.15, -0.1) is 0 Å². The van der Waals surface area contributed by atoms with E-state index in [0.29, 0.717) is 12.6 Å². The lowest BCUT2D eigenvalue weighted by molar-refractivity contribution is -0.137. The van der Waals surface area contributed by atoms with E-state index in [1.165, 1.54) is 19.4 Å². The molecule has 0 aromatic heterocycles. The molecule has 0 spiro atoms. The zero-order valence-electron chi connectivity index (χ0n) is 12.5. The van der Waals surface area contributed by atoms with E-state index in [0.717, 1.165) is 32.2 Å². The molecular weight excluding hydrogens is 270 g/mol. The molecule has 21 heavy (non-hydrogen) atoms. The van der Waals surface area contributed by atoms with Crippen LogP contribution in [0.15, 0.2) is 0 Å². The third-order valence-electron chi connectivity index (χ3n) is 4.96. The molecule has 1 saturated carbocycles. The molecule has 3 rings (SSSR count). The summed E-state index contributed by atoms with van der Waals surface area (Å²) < 4.78 is 0. The molecule has 1 aliphatic carbocycles. The maximum Gasteiger partial charge on any atom is 0.317 e. The Labute approximate surface area is 125 Å². The Bertz CT molecular complexity index is 411. The highest BCUT2D eigenvalue weighted by Gasteiger charge is 2.36. The molecular formula is C15H25N3O3. The van der Waals surface area contributed by atoms with Crippen molar-refractivity contribution in [2.75, 3.05) is 19.6 Å². The van der Waals surface area contributed by atoms with Gasteiger partial charge in [-0.25, -0.2) is 4.79 Å². The number of nitrogens with zero attached hydrogens (tertiary/aromatic N) is 2. The molecule has 2 saturated heterocycles. The van der Waals surface area contributed by atoms with Crippen LogP contribution in [0.3, 0.4) is 0 Å². The zero-order chi connectivity index (χ0) is 14.8. The largest absolute Gasteiger partial charge is 0.481 e. The van der Waals surface area contributed by atoms with Crippen molar-refractivity contribution < 1.29 is 14.7 Å². The van der Waals surface area contributed by atoms with Gasteiger partial charge in [0.2, 0.25) is 0 Å². The fourth-order valence-corrected chi connectivity index (χ4v) is 3.67. The Morgan fingerprint density at radius 3 is 2.71 bits per heavy atom. The van der Waals surface area contributed by atoms with Gasteiger partial charge in [-0.1, -0.05) is 0 Å². The number of hydrogen-bond donors (Lipinski definition) is 2. The van der Waals surface area contributed by atoms with Gasteiger partial charge in [-0.05, 0) is 45.1 Å². The summed E-state index contributed by atoms with van der Waals surface area (Å²) in [7, 11) is 0. The van der Waals surface area contributed by atoms with Crippen molar-refractivity contribution in [3.8, 4) is 0 Å². The van der Waals surface area contributed by atoms with Gasteiger partial charge in [-0.3, -0.25) is 4.79 Å². The van der Waals surface area contributed by atoms with Crippen LogP contribution in [0, 0.1) is 0 Å². The molecule has 6 heteroatoms. The summed E-state index contributed by atoms with van der Waals surface area (Å²) in [6.07, 6.45) is 6.63. The molecule has 2 heterocycles. The summed E-state index contributed by atoms with van der Waals surface area (Å²) in [6, 6.07) is 1.09. The first kappa shape index (κ1) is 14.6. The number of aliphatic carboxylic acids is 1. The number of carbonyl (C=O) groups excluding carboxylic acids is 1. The van der Waals surface area contributed by atoms with Gasteiger partial charge in [0.15, 0.2) is 0 Å². The lowest BCUT2D eigenvalue weighted by atomic mass is 9.98. The molecule has 2 unspecified atom stereocenters. The number of amides is 2. The van der Waals surface area contributed by atoms with Crippen molar-refractivity contribution in [3.63, 3.8) is 0 Å². The summed E-state index contributed by atoms with van der Waals surface area (Å²) in [5.74, 6) is -0.840. The van der Waals surface area contributed by atoms with Crippen LogP contribution in [0.2, 0.25) is 0 Å². The van der Waals surface area contributed by atoms with Crippen molar-refractivity contribution in [2.24, 2.45) is 0 Å². The molecule has 3 fully saturated rings. The van der Waals surface area contributed by atoms with Gasteiger partial charge >= 0.3 is 12.0 Å². The lowest BCUT2D eigenvalue weighted by Crippen LogP contribution is -2.51. The first-order chi connectivity index (χ1) is 10.1. The van der Waals surface area contributed by atoms with E-state index < -0.39 is 5.97 Å². The number of carbonyl (C=O) groups is 2. The lowest BCUT2D eigenvalue weighted by Gasteiger charge is -2.36. The normalized spacial score (nSPS) is 29.0. The van der Waals surface area contributed by atoms with E-state index in [-0.39, 0.29) is 24.5 Å². The zero-order valence-corrected chi connectivity index (χ0v) is 12.5. The van der Waals surface area contributed by atoms with Gasteiger partial charge in [-0.2, -0.15) is 0 Å². The van der Waals surface area contributed by atoms with Gasteiger partial charge in [0.1, 0.15) is 0 Å². The fourth-order valence-electron chi connectivity index (χ4n) is 3.67. The molecule has 2 atom stereocenters. The predicted molar refractivity (Wildman–Crippen MR) is 78.1 cm³/mol. The maximum absolute atomic E-state index is 12.4. The number of carboxylic acid groups (broad SMARTS) is 1. The average Bonchev–Trinajstić information content (AvgIpc) is 3.16. The Balaban J connectivity index is 1.50. The molecule has 2 aliphatic heterocycles. The number of nitrogens with one attached hydrogen (secondary N) is 1. The van der Waals surface area contributed by atoms with Crippen LogP contribution in [0.4, 0.5) is 4.79 Å². The topological polar surface area (TPSA) is 72.9 Å². The van der Waals surface area contributed by atoms with Crippen LogP contribution in [0.5, 0.6) is 0 Å². The van der Waals surface area contributed by atoms with Crippen LogP contribution in [0.1, 0.15) is 44.9 Å². The van der Waals surface area contributed by atoms with Crippen molar-refractivity contribution in [1.82, 2.24) is 15.1 Å². The van der Waals surface area contributed by atoms with Crippen LogP contribution < -0.4 is 5.32 Å². The van der Waals surface area contributed by atoms with E-state index >= 15 is 0 Å². The Kier molecular flexibility index (Phi) is 4.33. The first-order valence-corrected chi connectivity index (χ1v) is 8.16. The van der Waals surface area contributed by atoms with Gasteiger partial charge in [0.25, 0.3) is 0 Å². The van der Waals surface area contributed by atoms with Crippen LogP contribution >= 0.6 is 0 Å². The van der Waals surface area contributed by atoms with Gasteiger partial charge in [0.05, 0.1) is 6.42 Å². The predicted octanol–water partition coefficient (Wildman–Crippen LogP) is 1.26. The first-order valence-electron chi connectivity index (χ1n) is 8.16. The number of piperidine rings is 1. The van der Waals surface area contributed by atoms with E-state index in [9.17, 15) is 9.59 Å². The second-order valence-corrected chi connectivity index (χ2v) is 6.57. The molecule has 3 aliphatic rings. The molecule has 118 valence electrons. The van der Waals surface area contributed by atoms with E-state index in [2.05, 4.69) is 10.2 Å². The van der Waals surface area contributed by atoms with E-state index in [1.54, 1.807) is 4.90 Å². The number of urea groups is 1. The van der Waals surface area contributed by atoms with Crippen LogP contribution in [0.25, 0.3) is 0 Å². The molecule has 0 bridgehead atoms. The summed E-state index contributed by atoms with van der Waals surface area (Å²) in [5.41, 5.74) is 0. The summed E-state index contributed by atoms with van der Waals surface area (Å²) >= 11 is 0. The molecule has 0 aromatic carbocycles. The third kappa shape index (κ3) is 3.67. The molecule has 6 nitrogen and oxygen atoms in total. The monoisotopic (exact) mass is 295 g/mol. The highest BCUT2D eigenvalue weighted by atomic mass is 16.4. The SMILES string of the molecule is O=C(O)CCN(C(=O)NC1CCN2CCCC2C1)C1CC1. The molecule has 0 aromatic rings. The fraction of sp³-hybridized carbons (Fsp3) is 0.867. The highest BCUT2D eigenvalue weighted by molar-refractivity contribution is 5.76. The number of fused-ring (bicyclic) bond motifs is 1. The van der Waals surface area contributed by atoms with Crippen molar-refractivity contribution in [1.29, 1.82) is 0 Å². The summed E-state index contributed by atoms with van der Waals surface area (Å²) in [6.45, 7) is 2.61.